The summed E-state index contributed by atoms with van der Waals surface area (Å²) >= 11 is 6.46. The molecule has 2 rings (SSSR count). The smallest absolute Gasteiger partial charge is 0.152 e. The highest BCUT2D eigenvalue weighted by Gasteiger charge is 2.13. The van der Waals surface area contributed by atoms with Gasteiger partial charge in [-0.2, -0.15) is 0 Å². The minimum atomic E-state index is 0.609. The molecular weight excluding hydrogens is 292 g/mol. The Morgan fingerprint density at radius 2 is 1.35 bits per heavy atom. The van der Waals surface area contributed by atoms with Gasteiger partial charge in [0.2, 0.25) is 0 Å². The Morgan fingerprint density at radius 3 is 1.65 bits per heavy atom. The van der Waals surface area contributed by atoms with Gasteiger partial charge in [0, 0.05) is 6.42 Å². The highest BCUT2D eigenvalue weighted by Crippen LogP contribution is 2.34. The molecule has 0 aliphatic rings. The molecule has 0 unspecified atom stereocenters. The quantitative estimate of drug-likeness (QED) is 0.846. The molecule has 0 aliphatic carbocycles. The lowest BCUT2D eigenvalue weighted by Crippen LogP contribution is -1.94. The van der Waals surface area contributed by atoms with Crippen molar-refractivity contribution in [1.29, 1.82) is 0 Å². The maximum Gasteiger partial charge on any atom is 0.152 e. The Hall–Kier alpha value is -0.440. The van der Waals surface area contributed by atoms with E-state index < -0.39 is 0 Å². The van der Waals surface area contributed by atoms with Crippen molar-refractivity contribution in [2.45, 2.75) is 15.1 Å². The van der Waals surface area contributed by atoms with Gasteiger partial charge in [-0.3, -0.25) is 0 Å². The molecule has 2 heterocycles. The highest BCUT2D eigenvalue weighted by molar-refractivity contribution is 8.00. The van der Waals surface area contributed by atoms with Crippen molar-refractivity contribution in [1.82, 2.24) is 9.97 Å². The first-order chi connectivity index (χ1) is 8.13. The van der Waals surface area contributed by atoms with Gasteiger partial charge in [0.05, 0.1) is 9.75 Å². The van der Waals surface area contributed by atoms with Crippen LogP contribution in [0.3, 0.4) is 0 Å². The van der Waals surface area contributed by atoms with Crippen molar-refractivity contribution >= 4 is 57.8 Å². The normalized spacial score (nSPS) is 10.9. The highest BCUT2D eigenvalue weighted by atomic mass is 32.2. The van der Waals surface area contributed by atoms with E-state index in [1.807, 2.05) is 12.5 Å². The topological polar surface area (TPSA) is 77.8 Å². The van der Waals surface area contributed by atoms with Gasteiger partial charge in [0.1, 0.15) is 11.6 Å². The van der Waals surface area contributed by atoms with Gasteiger partial charge in [-0.1, -0.05) is 23.5 Å². The fourth-order valence-corrected chi connectivity index (χ4v) is 4.44. The van der Waals surface area contributed by atoms with Crippen molar-refractivity contribution in [3.8, 4) is 0 Å². The summed E-state index contributed by atoms with van der Waals surface area (Å²) in [7, 11) is 0. The van der Waals surface area contributed by atoms with Crippen LogP contribution in [0, 0.1) is 0 Å². The maximum absolute atomic E-state index is 5.88. The van der Waals surface area contributed by atoms with E-state index in [-0.39, 0.29) is 0 Å². The molecule has 0 spiro atoms. The van der Waals surface area contributed by atoms with E-state index in [1.165, 1.54) is 0 Å². The first kappa shape index (κ1) is 13.0. The summed E-state index contributed by atoms with van der Waals surface area (Å²) in [5, 5.41) is 0. The minimum absolute atomic E-state index is 0.609. The third-order valence-corrected chi connectivity index (χ3v) is 6.20. The number of hydrogen-bond acceptors (Lipinski definition) is 8. The summed E-state index contributed by atoms with van der Waals surface area (Å²) < 4.78 is 1.98. The van der Waals surface area contributed by atoms with Crippen molar-refractivity contribution in [3.63, 3.8) is 0 Å². The van der Waals surface area contributed by atoms with Gasteiger partial charge in [-0.15, -0.1) is 22.7 Å². The van der Waals surface area contributed by atoms with E-state index in [4.69, 9.17) is 11.5 Å². The van der Waals surface area contributed by atoms with Crippen LogP contribution in [0.2, 0.25) is 0 Å². The fourth-order valence-electron chi connectivity index (χ4n) is 1.26. The first-order valence-corrected chi connectivity index (χ1v) is 8.80. The number of aromatic nitrogens is 2. The second-order valence-corrected chi connectivity index (χ2v) is 7.44. The molecule has 92 valence electrons. The zero-order chi connectivity index (χ0) is 12.4. The summed E-state index contributed by atoms with van der Waals surface area (Å²) in [4.78, 5) is 10.7. The fraction of sp³-hybridized carbons (Fsp3) is 0.333. The standard InChI is InChI=1S/C9H12N4S4/c1-14-8-12-6(10)4(16-8)3-5-7(11)13-9(15-2)17-5/h3,10-11H2,1-2H3. The average Bonchev–Trinajstić information content (AvgIpc) is 2.84. The molecule has 0 amide bonds. The van der Waals surface area contributed by atoms with Gasteiger partial charge in [0.15, 0.2) is 8.68 Å². The molecule has 2 aromatic heterocycles. The Kier molecular flexibility index (Phi) is 4.18. The number of anilines is 2. The Morgan fingerprint density at radius 1 is 0.941 bits per heavy atom. The van der Waals surface area contributed by atoms with Gasteiger partial charge >= 0.3 is 0 Å². The molecule has 0 saturated carbocycles. The third-order valence-electron chi connectivity index (χ3n) is 2.09. The van der Waals surface area contributed by atoms with Crippen molar-refractivity contribution in [3.05, 3.63) is 9.75 Å². The first-order valence-electron chi connectivity index (χ1n) is 4.72. The molecule has 4 N–H and O–H groups in total. The van der Waals surface area contributed by atoms with E-state index in [0.717, 1.165) is 24.9 Å². The molecule has 0 saturated heterocycles. The SMILES string of the molecule is CSc1nc(N)c(Cc2sc(SC)nc2N)s1. The molecule has 0 aromatic carbocycles. The summed E-state index contributed by atoms with van der Waals surface area (Å²) in [6, 6.07) is 0. The van der Waals surface area contributed by atoms with Crippen LogP contribution in [-0.4, -0.2) is 22.5 Å². The van der Waals surface area contributed by atoms with Crippen LogP contribution >= 0.6 is 46.2 Å². The van der Waals surface area contributed by atoms with Gasteiger partial charge in [-0.25, -0.2) is 9.97 Å². The monoisotopic (exact) mass is 304 g/mol. The number of nitrogens with two attached hydrogens (primary N) is 2. The van der Waals surface area contributed by atoms with Crippen LogP contribution in [0.1, 0.15) is 9.75 Å². The molecule has 0 bridgehead atoms. The lowest BCUT2D eigenvalue weighted by Gasteiger charge is -1.95. The lowest BCUT2D eigenvalue weighted by molar-refractivity contribution is 1.20. The summed E-state index contributed by atoms with van der Waals surface area (Å²) in [6.07, 6.45) is 4.72. The van der Waals surface area contributed by atoms with E-state index in [2.05, 4.69) is 9.97 Å². The van der Waals surface area contributed by atoms with Crippen LogP contribution in [0.25, 0.3) is 0 Å². The van der Waals surface area contributed by atoms with Crippen LogP contribution in [0.15, 0.2) is 8.68 Å². The molecule has 4 nitrogen and oxygen atoms in total. The van der Waals surface area contributed by atoms with E-state index >= 15 is 0 Å². The van der Waals surface area contributed by atoms with Crippen LogP contribution in [0.4, 0.5) is 11.6 Å². The van der Waals surface area contributed by atoms with Gasteiger partial charge in [-0.05, 0) is 12.5 Å². The van der Waals surface area contributed by atoms with Crippen LogP contribution in [0.5, 0.6) is 0 Å². The molecule has 2 aromatic rings. The second kappa shape index (κ2) is 5.47. The Labute approximate surface area is 116 Å². The zero-order valence-corrected chi connectivity index (χ0v) is 12.7. The number of hydrogen-bond donors (Lipinski definition) is 2. The molecular formula is C9H12N4S4. The third kappa shape index (κ3) is 2.87. The summed E-state index contributed by atoms with van der Waals surface area (Å²) in [5.41, 5.74) is 11.8. The molecule has 0 radical (unpaired) electrons. The average molecular weight is 304 g/mol. The molecule has 0 aliphatic heterocycles. The van der Waals surface area contributed by atoms with Crippen molar-refractivity contribution in [2.24, 2.45) is 0 Å². The number of nitrogen functional groups attached to an aromatic ring is 2. The molecule has 8 heteroatoms. The molecule has 17 heavy (non-hydrogen) atoms. The van der Waals surface area contributed by atoms with Crippen molar-refractivity contribution in [2.75, 3.05) is 24.0 Å². The summed E-state index contributed by atoms with van der Waals surface area (Å²) in [6.45, 7) is 0. The van der Waals surface area contributed by atoms with E-state index in [1.54, 1.807) is 46.2 Å². The Balaban J connectivity index is 2.24. The predicted octanol–water partition coefficient (Wildman–Crippen LogP) is 2.80. The van der Waals surface area contributed by atoms with E-state index in [0.29, 0.717) is 11.6 Å². The minimum Gasteiger partial charge on any atom is -0.383 e. The number of rotatable bonds is 4. The zero-order valence-electron chi connectivity index (χ0n) is 9.39. The van der Waals surface area contributed by atoms with Crippen LogP contribution < -0.4 is 11.5 Å². The van der Waals surface area contributed by atoms with Crippen LogP contribution in [-0.2, 0) is 6.42 Å². The van der Waals surface area contributed by atoms with E-state index in [9.17, 15) is 0 Å². The largest absolute Gasteiger partial charge is 0.383 e. The number of nitrogens with zero attached hydrogens (tertiary/aromatic N) is 2. The molecule has 0 fully saturated rings. The Bertz CT molecular complexity index is 473. The summed E-state index contributed by atoms with van der Waals surface area (Å²) in [5.74, 6) is 1.22. The number of thioether (sulfide) groups is 2. The van der Waals surface area contributed by atoms with Gasteiger partial charge < -0.3 is 11.5 Å². The molecule has 0 atom stereocenters. The maximum atomic E-state index is 5.88. The van der Waals surface area contributed by atoms with Gasteiger partial charge in [0.25, 0.3) is 0 Å². The number of thiazole rings is 2. The lowest BCUT2D eigenvalue weighted by atomic mass is 10.3. The van der Waals surface area contributed by atoms with Crippen molar-refractivity contribution < 1.29 is 0 Å². The predicted molar refractivity (Wildman–Crippen MR) is 79.4 cm³/mol. The second-order valence-electron chi connectivity index (χ2n) is 3.16.